The summed E-state index contributed by atoms with van der Waals surface area (Å²) in [6.45, 7) is 6.86. The SMILES string of the molecule is CCC(C)NC(=O)CN1CCN(C(=O)COc2ccc(Cl)c(Cl)c2)CC1. The van der Waals surface area contributed by atoms with Crippen LogP contribution >= 0.6 is 23.2 Å². The molecule has 1 saturated heterocycles. The highest BCUT2D eigenvalue weighted by Gasteiger charge is 2.23. The standard InChI is InChI=1S/C18H25Cl2N3O3/c1-3-13(2)21-17(24)11-22-6-8-23(9-7-22)18(25)12-26-14-4-5-15(19)16(20)10-14/h4-5,10,13H,3,6-9,11-12H2,1-2H3,(H,21,24). The van der Waals surface area contributed by atoms with Crippen LogP contribution in [0.15, 0.2) is 18.2 Å². The van der Waals surface area contributed by atoms with Gasteiger partial charge in [0.2, 0.25) is 5.91 Å². The molecular formula is C18H25Cl2N3O3. The number of hydrogen-bond donors (Lipinski definition) is 1. The number of halogens is 2. The Labute approximate surface area is 164 Å². The molecule has 26 heavy (non-hydrogen) atoms. The van der Waals surface area contributed by atoms with Gasteiger partial charge in [0.1, 0.15) is 5.75 Å². The number of rotatable bonds is 7. The average Bonchev–Trinajstić information content (AvgIpc) is 2.62. The lowest BCUT2D eigenvalue weighted by molar-refractivity contribution is -0.135. The largest absolute Gasteiger partial charge is 0.484 e. The summed E-state index contributed by atoms with van der Waals surface area (Å²) in [7, 11) is 0. The minimum atomic E-state index is -0.0835. The predicted octanol–water partition coefficient (Wildman–Crippen LogP) is 2.43. The highest BCUT2D eigenvalue weighted by molar-refractivity contribution is 6.42. The number of amides is 2. The molecule has 0 saturated carbocycles. The van der Waals surface area contributed by atoms with Crippen molar-refractivity contribution in [2.75, 3.05) is 39.3 Å². The van der Waals surface area contributed by atoms with E-state index in [1.165, 1.54) is 0 Å². The Kier molecular flexibility index (Phi) is 8.00. The molecule has 6 nitrogen and oxygen atoms in total. The molecule has 1 aromatic carbocycles. The first kappa shape index (κ1) is 20.8. The second kappa shape index (κ2) is 10.00. The van der Waals surface area contributed by atoms with Crippen molar-refractivity contribution >= 4 is 35.0 Å². The molecule has 1 aliphatic heterocycles. The van der Waals surface area contributed by atoms with E-state index in [4.69, 9.17) is 27.9 Å². The van der Waals surface area contributed by atoms with E-state index in [0.29, 0.717) is 48.5 Å². The predicted molar refractivity (Wildman–Crippen MR) is 103 cm³/mol. The van der Waals surface area contributed by atoms with Gasteiger partial charge in [0.15, 0.2) is 6.61 Å². The van der Waals surface area contributed by atoms with Crippen molar-refractivity contribution in [2.24, 2.45) is 0 Å². The first-order chi connectivity index (χ1) is 12.4. The van der Waals surface area contributed by atoms with E-state index in [1.54, 1.807) is 23.1 Å². The van der Waals surface area contributed by atoms with Gasteiger partial charge in [-0.2, -0.15) is 0 Å². The van der Waals surface area contributed by atoms with Gasteiger partial charge < -0.3 is 15.0 Å². The van der Waals surface area contributed by atoms with Crippen LogP contribution in [0.3, 0.4) is 0 Å². The number of benzene rings is 1. The van der Waals surface area contributed by atoms with E-state index in [2.05, 4.69) is 10.2 Å². The molecule has 0 radical (unpaired) electrons. The van der Waals surface area contributed by atoms with Crippen molar-refractivity contribution in [1.82, 2.24) is 15.1 Å². The number of ether oxygens (including phenoxy) is 1. The molecule has 0 aliphatic carbocycles. The zero-order chi connectivity index (χ0) is 19.1. The van der Waals surface area contributed by atoms with Gasteiger partial charge in [-0.1, -0.05) is 30.1 Å². The minimum absolute atomic E-state index is 0.0297. The van der Waals surface area contributed by atoms with E-state index < -0.39 is 0 Å². The molecule has 1 atom stereocenters. The summed E-state index contributed by atoms with van der Waals surface area (Å²) in [6, 6.07) is 5.08. The first-order valence-electron chi connectivity index (χ1n) is 8.76. The molecule has 1 heterocycles. The summed E-state index contributed by atoms with van der Waals surface area (Å²) in [6.07, 6.45) is 0.910. The maximum atomic E-state index is 12.3. The molecule has 1 N–H and O–H groups in total. The normalized spacial score (nSPS) is 16.2. The number of carbonyl (C=O) groups excluding carboxylic acids is 2. The van der Waals surface area contributed by atoms with E-state index in [0.717, 1.165) is 6.42 Å². The highest BCUT2D eigenvalue weighted by atomic mass is 35.5. The lowest BCUT2D eigenvalue weighted by Crippen LogP contribution is -2.52. The summed E-state index contributed by atoms with van der Waals surface area (Å²) >= 11 is 11.8. The van der Waals surface area contributed by atoms with Gasteiger partial charge in [-0.05, 0) is 25.5 Å². The van der Waals surface area contributed by atoms with Crippen molar-refractivity contribution in [3.63, 3.8) is 0 Å². The van der Waals surface area contributed by atoms with Gasteiger partial charge in [0.25, 0.3) is 5.91 Å². The Morgan fingerprint density at radius 2 is 1.88 bits per heavy atom. The molecule has 144 valence electrons. The average molecular weight is 402 g/mol. The summed E-state index contributed by atoms with van der Waals surface area (Å²) in [4.78, 5) is 28.0. The fourth-order valence-electron chi connectivity index (χ4n) is 2.58. The third-order valence-electron chi connectivity index (χ3n) is 4.37. The van der Waals surface area contributed by atoms with Crippen LogP contribution in [0.1, 0.15) is 20.3 Å². The molecule has 1 fully saturated rings. The monoisotopic (exact) mass is 401 g/mol. The van der Waals surface area contributed by atoms with Crippen molar-refractivity contribution in [1.29, 1.82) is 0 Å². The Hall–Kier alpha value is -1.50. The van der Waals surface area contributed by atoms with Gasteiger partial charge >= 0.3 is 0 Å². The summed E-state index contributed by atoms with van der Waals surface area (Å²) in [5.74, 6) is 0.454. The van der Waals surface area contributed by atoms with E-state index in [1.807, 2.05) is 13.8 Å². The Balaban J connectivity index is 1.72. The number of nitrogens with one attached hydrogen (secondary N) is 1. The van der Waals surface area contributed by atoms with Crippen molar-refractivity contribution < 1.29 is 14.3 Å². The molecular weight excluding hydrogens is 377 g/mol. The topological polar surface area (TPSA) is 61.9 Å². The van der Waals surface area contributed by atoms with Crippen molar-refractivity contribution in [3.8, 4) is 5.75 Å². The fourth-order valence-corrected chi connectivity index (χ4v) is 2.87. The van der Waals surface area contributed by atoms with Crippen LogP contribution in [-0.2, 0) is 9.59 Å². The zero-order valence-electron chi connectivity index (χ0n) is 15.1. The van der Waals surface area contributed by atoms with Crippen LogP contribution < -0.4 is 10.1 Å². The molecule has 0 bridgehead atoms. The van der Waals surface area contributed by atoms with Crippen LogP contribution in [-0.4, -0.2) is 67.0 Å². The summed E-state index contributed by atoms with van der Waals surface area (Å²) in [5.41, 5.74) is 0. The molecule has 0 aromatic heterocycles. The van der Waals surface area contributed by atoms with E-state index in [-0.39, 0.29) is 24.5 Å². The third-order valence-corrected chi connectivity index (χ3v) is 5.10. The van der Waals surface area contributed by atoms with E-state index in [9.17, 15) is 9.59 Å². The maximum absolute atomic E-state index is 12.3. The highest BCUT2D eigenvalue weighted by Crippen LogP contribution is 2.26. The lowest BCUT2D eigenvalue weighted by atomic mass is 10.2. The lowest BCUT2D eigenvalue weighted by Gasteiger charge is -2.34. The van der Waals surface area contributed by atoms with Crippen LogP contribution in [0.4, 0.5) is 0 Å². The minimum Gasteiger partial charge on any atom is -0.484 e. The Morgan fingerprint density at radius 1 is 1.19 bits per heavy atom. The van der Waals surface area contributed by atoms with Crippen LogP contribution in [0.25, 0.3) is 0 Å². The molecule has 2 rings (SSSR count). The molecule has 1 aromatic rings. The Bertz CT molecular complexity index is 634. The first-order valence-corrected chi connectivity index (χ1v) is 9.52. The summed E-state index contributed by atoms with van der Waals surface area (Å²) < 4.78 is 5.49. The van der Waals surface area contributed by atoms with Crippen LogP contribution in [0.5, 0.6) is 5.75 Å². The quantitative estimate of drug-likeness (QED) is 0.761. The molecule has 2 amide bonds. The number of piperazine rings is 1. The third kappa shape index (κ3) is 6.34. The van der Waals surface area contributed by atoms with Crippen LogP contribution in [0, 0.1) is 0 Å². The van der Waals surface area contributed by atoms with Crippen molar-refractivity contribution in [2.45, 2.75) is 26.3 Å². The number of nitrogens with zero attached hydrogens (tertiary/aromatic N) is 2. The molecule has 8 heteroatoms. The van der Waals surface area contributed by atoms with Gasteiger partial charge in [-0.25, -0.2) is 0 Å². The van der Waals surface area contributed by atoms with Gasteiger partial charge in [0.05, 0.1) is 16.6 Å². The summed E-state index contributed by atoms with van der Waals surface area (Å²) in [5, 5.41) is 3.79. The second-order valence-corrected chi connectivity index (χ2v) is 7.21. The number of carbonyl (C=O) groups is 2. The molecule has 1 aliphatic rings. The molecule has 0 spiro atoms. The number of hydrogen-bond acceptors (Lipinski definition) is 4. The fraction of sp³-hybridized carbons (Fsp3) is 0.556. The van der Waals surface area contributed by atoms with E-state index >= 15 is 0 Å². The maximum Gasteiger partial charge on any atom is 0.260 e. The van der Waals surface area contributed by atoms with Crippen molar-refractivity contribution in [3.05, 3.63) is 28.2 Å². The smallest absolute Gasteiger partial charge is 0.260 e. The van der Waals surface area contributed by atoms with Gasteiger partial charge in [-0.3, -0.25) is 14.5 Å². The Morgan fingerprint density at radius 3 is 2.50 bits per heavy atom. The van der Waals surface area contributed by atoms with Gasteiger partial charge in [0, 0.05) is 38.3 Å². The second-order valence-electron chi connectivity index (χ2n) is 6.40. The zero-order valence-corrected chi connectivity index (χ0v) is 16.6. The molecule has 1 unspecified atom stereocenters. The van der Waals surface area contributed by atoms with Crippen LogP contribution in [0.2, 0.25) is 10.0 Å². The van der Waals surface area contributed by atoms with Gasteiger partial charge in [-0.15, -0.1) is 0 Å².